The van der Waals surface area contributed by atoms with Crippen molar-refractivity contribution >= 4 is 64.1 Å². The zero-order valence-corrected chi connectivity index (χ0v) is 14.9. The number of anilines is 1. The first kappa shape index (κ1) is 17.4. The number of hydrogen-bond acceptors (Lipinski definition) is 4. The van der Waals surface area contributed by atoms with Crippen LogP contribution < -0.4 is 10.2 Å². The quantitative estimate of drug-likeness (QED) is 0.487. The monoisotopic (exact) mass is 392 g/mol. The molecule has 1 saturated heterocycles. The van der Waals surface area contributed by atoms with E-state index in [9.17, 15) is 9.59 Å². The van der Waals surface area contributed by atoms with E-state index in [0.29, 0.717) is 11.4 Å². The van der Waals surface area contributed by atoms with Gasteiger partial charge in [-0.2, -0.15) is 0 Å². The predicted octanol–water partition coefficient (Wildman–Crippen LogP) is 3.97. The molecule has 1 aromatic heterocycles. The molecule has 126 valence electrons. The van der Waals surface area contributed by atoms with Crippen LogP contribution >= 0.6 is 35.4 Å². The zero-order chi connectivity index (χ0) is 18.0. The second-order valence-corrected chi connectivity index (χ2v) is 6.10. The summed E-state index contributed by atoms with van der Waals surface area (Å²) in [5.74, 6) is -0.596. The third kappa shape index (κ3) is 3.51. The van der Waals surface area contributed by atoms with E-state index >= 15 is 0 Å². The Morgan fingerprint density at radius 2 is 1.96 bits per heavy atom. The minimum atomic E-state index is -0.595. The fourth-order valence-electron chi connectivity index (χ4n) is 2.19. The van der Waals surface area contributed by atoms with Crippen LogP contribution in [0.5, 0.6) is 0 Å². The van der Waals surface area contributed by atoms with Crippen molar-refractivity contribution in [2.45, 2.75) is 0 Å². The van der Waals surface area contributed by atoms with E-state index in [4.69, 9.17) is 39.8 Å². The average molecular weight is 393 g/mol. The summed E-state index contributed by atoms with van der Waals surface area (Å²) in [7, 11) is 0. The smallest absolute Gasteiger partial charge is 0.270 e. The van der Waals surface area contributed by atoms with E-state index in [1.54, 1.807) is 36.4 Å². The summed E-state index contributed by atoms with van der Waals surface area (Å²) < 4.78 is 5.15. The number of allylic oxidation sites excluding steroid dienone is 2. The molecule has 2 amide bonds. The van der Waals surface area contributed by atoms with Gasteiger partial charge in [0.15, 0.2) is 5.11 Å². The van der Waals surface area contributed by atoms with E-state index in [-0.39, 0.29) is 20.7 Å². The molecule has 3 rings (SSSR count). The highest BCUT2D eigenvalue weighted by molar-refractivity contribution is 7.80. The second-order valence-electron chi connectivity index (χ2n) is 4.93. The van der Waals surface area contributed by atoms with Gasteiger partial charge in [-0.25, -0.2) is 0 Å². The molecule has 0 atom stereocenters. The first-order valence-electron chi connectivity index (χ1n) is 7.04. The van der Waals surface area contributed by atoms with E-state index < -0.39 is 11.8 Å². The van der Waals surface area contributed by atoms with Gasteiger partial charge < -0.3 is 4.42 Å². The normalized spacial score (nSPS) is 16.8. The Labute approximate surface area is 158 Å². The Kier molecular flexibility index (Phi) is 5.03. The van der Waals surface area contributed by atoms with Crippen molar-refractivity contribution in [3.05, 3.63) is 70.1 Å². The number of nitrogens with one attached hydrogen (secondary N) is 1. The number of carbonyl (C=O) groups excluding carboxylic acids is 2. The zero-order valence-electron chi connectivity index (χ0n) is 12.5. The number of halogens is 2. The molecule has 0 aliphatic carbocycles. The first-order valence-corrected chi connectivity index (χ1v) is 8.21. The highest BCUT2D eigenvalue weighted by Gasteiger charge is 2.35. The van der Waals surface area contributed by atoms with Gasteiger partial charge in [-0.15, -0.1) is 0 Å². The fraction of sp³-hybridized carbons (Fsp3) is 0. The lowest BCUT2D eigenvalue weighted by Crippen LogP contribution is -2.54. The van der Waals surface area contributed by atoms with Crippen molar-refractivity contribution in [2.24, 2.45) is 0 Å². The van der Waals surface area contributed by atoms with Crippen LogP contribution in [0.1, 0.15) is 5.76 Å². The van der Waals surface area contributed by atoms with Crippen LogP contribution in [0, 0.1) is 0 Å². The van der Waals surface area contributed by atoms with E-state index in [1.807, 2.05) is 0 Å². The fourth-order valence-corrected chi connectivity index (χ4v) is 2.84. The van der Waals surface area contributed by atoms with Crippen molar-refractivity contribution < 1.29 is 14.0 Å². The van der Waals surface area contributed by atoms with Crippen LogP contribution in [0.3, 0.4) is 0 Å². The Morgan fingerprint density at radius 3 is 2.68 bits per heavy atom. The number of nitrogens with zero attached hydrogens (tertiary/aromatic N) is 1. The number of benzene rings is 1. The largest absolute Gasteiger partial charge is 0.465 e. The number of hydrogen-bond donors (Lipinski definition) is 1. The molecule has 1 fully saturated rings. The van der Waals surface area contributed by atoms with Crippen LogP contribution in [0.4, 0.5) is 5.69 Å². The van der Waals surface area contributed by atoms with Crippen LogP contribution in [-0.4, -0.2) is 16.9 Å². The molecule has 1 aliphatic heterocycles. The van der Waals surface area contributed by atoms with Crippen LogP contribution in [0.15, 0.2) is 58.7 Å². The molecule has 0 radical (unpaired) electrons. The maximum absolute atomic E-state index is 12.8. The molecule has 0 saturated carbocycles. The summed E-state index contributed by atoms with van der Waals surface area (Å²) in [5.41, 5.74) is 0.206. The summed E-state index contributed by atoms with van der Waals surface area (Å²) in [4.78, 5) is 26.0. The van der Waals surface area contributed by atoms with Gasteiger partial charge >= 0.3 is 0 Å². The van der Waals surface area contributed by atoms with Gasteiger partial charge in [0, 0.05) is 0 Å². The maximum atomic E-state index is 12.8. The molecule has 5 nitrogen and oxygen atoms in total. The first-order chi connectivity index (χ1) is 12.0. The summed E-state index contributed by atoms with van der Waals surface area (Å²) in [6.07, 6.45) is 6.06. The van der Waals surface area contributed by atoms with Gasteiger partial charge in [-0.3, -0.25) is 19.8 Å². The molecule has 2 aromatic rings. The summed E-state index contributed by atoms with van der Waals surface area (Å²) in [6, 6.07) is 8.28. The van der Waals surface area contributed by atoms with Gasteiger partial charge in [0.2, 0.25) is 0 Å². The molecule has 8 heteroatoms. The van der Waals surface area contributed by atoms with Crippen LogP contribution in [0.2, 0.25) is 10.0 Å². The Balaban J connectivity index is 1.95. The topological polar surface area (TPSA) is 62.6 Å². The predicted molar refractivity (Wildman–Crippen MR) is 101 cm³/mol. The van der Waals surface area contributed by atoms with Crippen molar-refractivity contribution in [1.29, 1.82) is 0 Å². The van der Waals surface area contributed by atoms with Gasteiger partial charge in [0.1, 0.15) is 11.3 Å². The molecule has 25 heavy (non-hydrogen) atoms. The maximum Gasteiger partial charge on any atom is 0.270 e. The second kappa shape index (κ2) is 7.23. The van der Waals surface area contributed by atoms with Crippen LogP contribution in [-0.2, 0) is 9.59 Å². The van der Waals surface area contributed by atoms with Crippen molar-refractivity contribution in [3.63, 3.8) is 0 Å². The van der Waals surface area contributed by atoms with Crippen LogP contribution in [0.25, 0.3) is 6.08 Å². The summed E-state index contributed by atoms with van der Waals surface area (Å²) in [6.45, 7) is 0. The molecule has 0 unspecified atom stereocenters. The van der Waals surface area contributed by atoms with Gasteiger partial charge in [-0.05, 0) is 48.6 Å². The SMILES string of the molecule is O=C1NC(=S)N(c2cccc(Cl)c2Cl)C(=O)/C1=C/C=C/c1ccco1. The lowest BCUT2D eigenvalue weighted by atomic mass is 10.1. The Hall–Kier alpha value is -2.41. The molecule has 1 aromatic carbocycles. The van der Waals surface area contributed by atoms with E-state index in [1.165, 1.54) is 18.4 Å². The highest BCUT2D eigenvalue weighted by atomic mass is 35.5. The number of carbonyl (C=O) groups is 2. The highest BCUT2D eigenvalue weighted by Crippen LogP contribution is 2.34. The lowest BCUT2D eigenvalue weighted by Gasteiger charge is -2.29. The molecular formula is C17H10Cl2N2O3S. The lowest BCUT2D eigenvalue weighted by molar-refractivity contribution is -0.122. The van der Waals surface area contributed by atoms with E-state index in [0.717, 1.165) is 4.90 Å². The third-order valence-corrected chi connectivity index (χ3v) is 4.43. The average Bonchev–Trinajstić information content (AvgIpc) is 3.07. The number of thiocarbonyl (C=S) groups is 1. The number of rotatable bonds is 3. The summed E-state index contributed by atoms with van der Waals surface area (Å²) >= 11 is 17.3. The standard InChI is InChI=1S/C17H10Cl2N2O3S/c18-12-7-2-8-13(14(12)19)21-16(23)11(15(22)20-17(21)25)6-1-4-10-5-3-9-24-10/h1-9H,(H,20,22,25)/b4-1+,11-6+. The summed E-state index contributed by atoms with van der Waals surface area (Å²) in [5, 5.41) is 2.85. The minimum absolute atomic E-state index is 0.0636. The minimum Gasteiger partial charge on any atom is -0.465 e. The van der Waals surface area contributed by atoms with Gasteiger partial charge in [-0.1, -0.05) is 35.3 Å². The molecule has 1 aliphatic rings. The van der Waals surface area contributed by atoms with Gasteiger partial charge in [0.25, 0.3) is 11.8 Å². The molecular weight excluding hydrogens is 383 g/mol. The Bertz CT molecular complexity index is 920. The van der Waals surface area contributed by atoms with Crippen molar-refractivity contribution in [2.75, 3.05) is 4.90 Å². The molecule has 0 spiro atoms. The number of furan rings is 1. The van der Waals surface area contributed by atoms with E-state index in [2.05, 4.69) is 5.32 Å². The van der Waals surface area contributed by atoms with Crippen molar-refractivity contribution in [1.82, 2.24) is 5.32 Å². The number of amides is 2. The molecule has 0 bridgehead atoms. The van der Waals surface area contributed by atoms with Crippen molar-refractivity contribution in [3.8, 4) is 0 Å². The molecule has 1 N–H and O–H groups in total. The molecule has 2 heterocycles. The third-order valence-electron chi connectivity index (χ3n) is 3.34. The Morgan fingerprint density at radius 1 is 1.16 bits per heavy atom. The van der Waals surface area contributed by atoms with Gasteiger partial charge in [0.05, 0.1) is 22.0 Å².